The van der Waals surface area contributed by atoms with E-state index in [9.17, 15) is 14.4 Å². The van der Waals surface area contributed by atoms with Crippen molar-refractivity contribution in [1.29, 1.82) is 0 Å². The van der Waals surface area contributed by atoms with Gasteiger partial charge < -0.3 is 47.8 Å². The van der Waals surface area contributed by atoms with Crippen LogP contribution in [0.4, 0.5) is 10.1 Å². The first-order valence-corrected chi connectivity index (χ1v) is 17.6. The molecule has 5 rings (SSSR count). The summed E-state index contributed by atoms with van der Waals surface area (Å²) in [5, 5.41) is 7.22. The minimum absolute atomic E-state index is 0. The molecule has 0 radical (unpaired) electrons. The van der Waals surface area contributed by atoms with Gasteiger partial charge in [0.05, 0.1) is 23.6 Å². The van der Waals surface area contributed by atoms with Crippen LogP contribution in [0.15, 0.2) is 17.1 Å². The molecule has 288 valence electrons. The molecule has 3 heterocycles. The van der Waals surface area contributed by atoms with Crippen molar-refractivity contribution >= 4 is 66.4 Å². The molecular weight excluding hydrogens is 737 g/mol. The van der Waals surface area contributed by atoms with Gasteiger partial charge in [-0.25, -0.2) is 13.4 Å². The number of aromatic nitrogens is 1. The van der Waals surface area contributed by atoms with E-state index in [1.165, 1.54) is 33.8 Å². The Labute approximate surface area is 301 Å². The third kappa shape index (κ3) is 12.0. The Morgan fingerprint density at radius 2 is 1.58 bits per heavy atom. The van der Waals surface area contributed by atoms with Crippen molar-refractivity contribution in [3.63, 3.8) is 0 Å². The average Bonchev–Trinajstić information content (AvgIpc) is 3.84. The van der Waals surface area contributed by atoms with Crippen LogP contribution in [0.1, 0.15) is 62.9 Å². The molecule has 50 heavy (non-hydrogen) atoms. The van der Waals surface area contributed by atoms with Crippen molar-refractivity contribution in [2.75, 3.05) is 60.0 Å². The molecule has 20 heteroatoms. The van der Waals surface area contributed by atoms with Crippen molar-refractivity contribution < 1.29 is 56.4 Å². The Hall–Kier alpha value is -1.50. The van der Waals surface area contributed by atoms with Crippen molar-refractivity contribution in [1.82, 2.24) is 9.47 Å². The molecule has 6 unspecified atom stereocenters. The van der Waals surface area contributed by atoms with Gasteiger partial charge in [-0.1, -0.05) is 13.8 Å². The highest BCUT2D eigenvalue weighted by molar-refractivity contribution is 7.41. The Morgan fingerprint density at radius 1 is 1.00 bits per heavy atom. The van der Waals surface area contributed by atoms with Gasteiger partial charge >= 0.3 is 23.2 Å². The quantitative estimate of drug-likeness (QED) is 0.158. The minimum atomic E-state index is -2.28. The number of nitrogens with zero attached hydrogens (tertiary/aromatic N) is 3. The van der Waals surface area contributed by atoms with E-state index in [0.717, 1.165) is 52.9 Å². The van der Waals surface area contributed by atoms with Gasteiger partial charge in [-0.3, -0.25) is 14.4 Å². The highest BCUT2D eigenvalue weighted by atomic mass is 31.2. The van der Waals surface area contributed by atoms with Crippen LogP contribution in [-0.4, -0.2) is 104 Å². The zero-order valence-corrected chi connectivity index (χ0v) is 34.7. The lowest BCUT2D eigenvalue weighted by Gasteiger charge is -2.33. The second kappa shape index (κ2) is 23.2. The van der Waals surface area contributed by atoms with Crippen molar-refractivity contribution in [2.24, 2.45) is 5.92 Å². The summed E-state index contributed by atoms with van der Waals surface area (Å²) in [6.45, 7) is 7.81. The number of ether oxygens (including phenoxy) is 2. The lowest BCUT2D eigenvalue weighted by Crippen LogP contribution is -2.42. The summed E-state index contributed by atoms with van der Waals surface area (Å²) in [4.78, 5) is 56.8. The molecular formula is C30H54FN3O12P4. The van der Waals surface area contributed by atoms with E-state index in [2.05, 4.69) is 30.6 Å². The van der Waals surface area contributed by atoms with Gasteiger partial charge in [0.15, 0.2) is 23.3 Å². The minimum Gasteiger partial charge on any atom is -0.492 e. The van der Waals surface area contributed by atoms with E-state index in [-0.39, 0.29) is 43.3 Å². The molecule has 1 saturated carbocycles. The summed E-state index contributed by atoms with van der Waals surface area (Å²) in [5.41, 5.74) is 0.665. The first-order chi connectivity index (χ1) is 23.0. The number of likely N-dealkylation sites (tertiary alicyclic amines) is 1. The van der Waals surface area contributed by atoms with Crippen LogP contribution < -0.4 is 15.1 Å². The number of methoxy groups -OCH3 is 1. The van der Waals surface area contributed by atoms with E-state index >= 15 is 4.39 Å². The van der Waals surface area contributed by atoms with Gasteiger partial charge in [0.25, 0.3) is 6.47 Å². The van der Waals surface area contributed by atoms with Crippen LogP contribution in [0, 0.1) is 11.7 Å². The lowest BCUT2D eigenvalue weighted by atomic mass is 9.93. The van der Waals surface area contributed by atoms with Crippen LogP contribution in [0.25, 0.3) is 10.9 Å². The number of piperidine rings is 1. The fourth-order valence-electron chi connectivity index (χ4n) is 5.77. The number of halogens is 1. The molecule has 2 aromatic rings. The number of carbonyl (C=O) groups excluding carboxylic acids is 2. The predicted molar refractivity (Wildman–Crippen MR) is 201 cm³/mol. The number of fused-ring (bicyclic) bond motifs is 2. The fraction of sp³-hybridized carbons (Fsp3) is 0.633. The first-order valence-electron chi connectivity index (χ1n) is 15.4. The highest BCUT2D eigenvalue weighted by Gasteiger charge is 2.40. The number of hydrogen-bond donors (Lipinski definition) is 3. The number of aliphatic hydroxyl groups is 1. The summed E-state index contributed by atoms with van der Waals surface area (Å²) >= 11 is 0. The second-order valence-electron chi connectivity index (χ2n) is 10.8. The number of pyridine rings is 1. The Bertz CT molecular complexity index is 1400. The average molecular weight is 792 g/mol. The molecule has 1 aliphatic carbocycles. The normalized spacial score (nSPS) is 20.3. The fourth-order valence-corrected chi connectivity index (χ4v) is 6.71. The summed E-state index contributed by atoms with van der Waals surface area (Å²) in [5.74, 6) is -1.51. The number of carbonyl (C=O) groups is 2. The van der Waals surface area contributed by atoms with E-state index in [0.29, 0.717) is 35.2 Å². The molecule has 15 nitrogen and oxygen atoms in total. The summed E-state index contributed by atoms with van der Waals surface area (Å²) in [7, 11) is 2.48. The molecule has 2 aliphatic heterocycles. The van der Waals surface area contributed by atoms with E-state index in [1.54, 1.807) is 6.20 Å². The van der Waals surface area contributed by atoms with Gasteiger partial charge in [0.2, 0.25) is 0 Å². The second-order valence-corrected chi connectivity index (χ2v) is 12.8. The summed E-state index contributed by atoms with van der Waals surface area (Å²) < 4.78 is 45.7. The standard InChI is InChI=1S/C22H26FN3O3.C5H12O8P2.C2H6.CH4O.2H3P/c1-24-7-3-4-13-9-25(11-18(13)24)20-17(23)8-16-19(22(20)29-2)26(15-5-6-15)10-14(12-27)21(16)28;1-5(11-4-6,12-14(7)9-2)13-15(8)10-3;2*1-2;;/h8,10,12-13,15,18H,3-7,9,11H2,1-2H3;4,7-8H,1-3H3;1-2H3;2H,1H3;2*1H3. The number of aldehydes is 1. The number of hydrogen-bond acceptors (Lipinski definition) is 14. The largest absolute Gasteiger partial charge is 0.492 e. The Morgan fingerprint density at radius 3 is 2.04 bits per heavy atom. The molecule has 0 amide bonds. The van der Waals surface area contributed by atoms with E-state index in [1.807, 2.05) is 18.4 Å². The van der Waals surface area contributed by atoms with Gasteiger partial charge in [-0.05, 0) is 51.3 Å². The number of anilines is 1. The predicted octanol–water partition coefficient (Wildman–Crippen LogP) is 4.18. The lowest BCUT2D eigenvalue weighted by molar-refractivity contribution is -0.271. The van der Waals surface area contributed by atoms with Crippen LogP contribution in [0.2, 0.25) is 0 Å². The number of rotatable bonds is 12. The van der Waals surface area contributed by atoms with Crippen LogP contribution in [-0.2, 0) is 27.6 Å². The summed E-state index contributed by atoms with van der Waals surface area (Å²) in [6, 6.07) is 1.93. The molecule has 3 aliphatic rings. The Balaban J connectivity index is 0.000000986. The highest BCUT2D eigenvalue weighted by Crippen LogP contribution is 2.46. The maximum atomic E-state index is 15.4. The summed E-state index contributed by atoms with van der Waals surface area (Å²) in [6.07, 6.45) is 6.43. The molecule has 1 aromatic carbocycles. The number of likely N-dealkylation sites (N-methyl/N-ethyl adjacent to an activating group) is 1. The van der Waals surface area contributed by atoms with Crippen LogP contribution in [0.3, 0.4) is 0 Å². The van der Waals surface area contributed by atoms with Crippen LogP contribution in [0.5, 0.6) is 5.75 Å². The molecule has 3 fully saturated rings. The van der Waals surface area contributed by atoms with Crippen molar-refractivity contribution in [2.45, 2.75) is 64.5 Å². The molecule has 2 saturated heterocycles. The zero-order valence-electron chi connectivity index (χ0n) is 30.0. The van der Waals surface area contributed by atoms with Crippen LogP contribution >= 0.6 is 37.0 Å². The maximum absolute atomic E-state index is 15.4. The van der Waals surface area contributed by atoms with Gasteiger partial charge in [-0.15, -0.1) is 0 Å². The third-order valence-corrected chi connectivity index (χ3v) is 9.53. The Kier molecular flexibility index (Phi) is 22.5. The monoisotopic (exact) mass is 791 g/mol. The number of aliphatic hydroxyl groups excluding tert-OH is 1. The number of benzene rings is 1. The van der Waals surface area contributed by atoms with Gasteiger partial charge in [0.1, 0.15) is 5.69 Å². The first kappa shape index (κ1) is 48.5. The molecule has 0 spiro atoms. The van der Waals surface area contributed by atoms with Gasteiger partial charge in [-0.2, -0.15) is 19.8 Å². The smallest absolute Gasteiger partial charge is 0.339 e. The van der Waals surface area contributed by atoms with Gasteiger partial charge in [0, 0.05) is 59.6 Å². The third-order valence-electron chi connectivity index (χ3n) is 7.93. The molecule has 0 bridgehead atoms. The molecule has 3 N–H and O–H groups in total. The molecule has 1 aromatic heterocycles. The van der Waals surface area contributed by atoms with E-state index < -0.39 is 34.4 Å². The van der Waals surface area contributed by atoms with Crippen molar-refractivity contribution in [3.05, 3.63) is 33.9 Å². The maximum Gasteiger partial charge on any atom is 0.339 e. The van der Waals surface area contributed by atoms with E-state index in [4.69, 9.17) is 28.7 Å². The topological polar surface area (TPSA) is 179 Å². The van der Waals surface area contributed by atoms with Crippen molar-refractivity contribution in [3.8, 4) is 5.75 Å². The molecule has 6 atom stereocenters. The zero-order chi connectivity index (χ0) is 36.2. The SMILES string of the molecule is CC.CO.COP(O)OC(C)(OC=O)OP(O)OC.COc1c(N2CC3CCCN(C)C3C2)c(F)cc2c(=O)c(C=O)cn(C3CC3)c12.P.P.